The highest BCUT2D eigenvalue weighted by Gasteiger charge is 2.21. The molecule has 0 heterocycles. The lowest BCUT2D eigenvalue weighted by Gasteiger charge is -2.20. The Morgan fingerprint density at radius 1 is 1.38 bits per heavy atom. The van der Waals surface area contributed by atoms with Gasteiger partial charge < -0.3 is 10.6 Å². The molecule has 0 radical (unpaired) electrons. The fourth-order valence-corrected chi connectivity index (χ4v) is 2.34. The number of unbranched alkanes of at least 4 members (excludes halogenated alkanes) is 1. The molecular formula is C13H26N2O. The van der Waals surface area contributed by atoms with Crippen LogP contribution in [0.4, 0.5) is 0 Å². The quantitative estimate of drug-likeness (QED) is 0.653. The van der Waals surface area contributed by atoms with E-state index >= 15 is 0 Å². The smallest absolute Gasteiger partial charge is 0.233 e. The van der Waals surface area contributed by atoms with Crippen molar-refractivity contribution in [2.45, 2.75) is 58.4 Å². The molecule has 94 valence electrons. The first-order valence-corrected chi connectivity index (χ1v) is 6.74. The van der Waals surface area contributed by atoms with Crippen LogP contribution in [0.25, 0.3) is 0 Å². The number of hydrogen-bond acceptors (Lipinski definition) is 2. The third kappa shape index (κ3) is 4.97. The lowest BCUT2D eigenvalue weighted by molar-refractivity contribution is -0.120. The van der Waals surface area contributed by atoms with Crippen molar-refractivity contribution in [1.29, 1.82) is 0 Å². The Morgan fingerprint density at radius 2 is 2.06 bits per heavy atom. The fourth-order valence-electron chi connectivity index (χ4n) is 2.34. The highest BCUT2D eigenvalue weighted by atomic mass is 16.1. The molecule has 1 saturated carbocycles. The molecule has 1 aliphatic rings. The van der Waals surface area contributed by atoms with E-state index in [1.54, 1.807) is 0 Å². The van der Waals surface area contributed by atoms with E-state index < -0.39 is 0 Å². The Balaban J connectivity index is 2.06. The summed E-state index contributed by atoms with van der Waals surface area (Å²) in [4.78, 5) is 11.5. The van der Waals surface area contributed by atoms with Crippen LogP contribution >= 0.6 is 0 Å². The number of carbonyl (C=O) groups is 1. The van der Waals surface area contributed by atoms with Crippen LogP contribution in [0.15, 0.2) is 0 Å². The molecule has 1 fully saturated rings. The topological polar surface area (TPSA) is 41.1 Å². The van der Waals surface area contributed by atoms with Gasteiger partial charge in [0.05, 0.1) is 6.54 Å². The molecule has 3 nitrogen and oxygen atoms in total. The minimum absolute atomic E-state index is 0.137. The molecule has 0 aromatic heterocycles. The van der Waals surface area contributed by atoms with Gasteiger partial charge in [0.25, 0.3) is 0 Å². The first kappa shape index (κ1) is 13.5. The number of nitrogens with one attached hydrogen (secondary N) is 2. The van der Waals surface area contributed by atoms with Crippen LogP contribution in [0.5, 0.6) is 0 Å². The molecule has 1 amide bonds. The van der Waals surface area contributed by atoms with E-state index in [-0.39, 0.29) is 5.91 Å². The van der Waals surface area contributed by atoms with Gasteiger partial charge in [0.2, 0.25) is 5.91 Å². The normalized spacial score (nSPS) is 18.6. The van der Waals surface area contributed by atoms with Crippen LogP contribution in [0.2, 0.25) is 0 Å². The van der Waals surface area contributed by atoms with E-state index in [0.717, 1.165) is 25.3 Å². The van der Waals surface area contributed by atoms with E-state index in [2.05, 4.69) is 24.5 Å². The lowest BCUT2D eigenvalue weighted by atomic mass is 10.00. The first-order chi connectivity index (χ1) is 7.74. The molecule has 16 heavy (non-hydrogen) atoms. The van der Waals surface area contributed by atoms with Crippen molar-refractivity contribution in [3.63, 3.8) is 0 Å². The Labute approximate surface area is 99.4 Å². The Morgan fingerprint density at radius 3 is 2.69 bits per heavy atom. The summed E-state index contributed by atoms with van der Waals surface area (Å²) in [6.07, 6.45) is 7.58. The number of amides is 1. The van der Waals surface area contributed by atoms with Gasteiger partial charge in [-0.3, -0.25) is 4.79 Å². The summed E-state index contributed by atoms with van der Waals surface area (Å²) in [5.74, 6) is 0.918. The molecule has 2 N–H and O–H groups in total. The molecule has 0 spiro atoms. The van der Waals surface area contributed by atoms with Crippen LogP contribution < -0.4 is 10.6 Å². The second-order valence-electron chi connectivity index (χ2n) is 4.92. The Hall–Kier alpha value is -0.570. The number of rotatable bonds is 7. The van der Waals surface area contributed by atoms with Gasteiger partial charge in [0, 0.05) is 12.6 Å². The van der Waals surface area contributed by atoms with Gasteiger partial charge in [-0.1, -0.05) is 26.2 Å². The third-order valence-electron chi connectivity index (χ3n) is 3.54. The Kier molecular flexibility index (Phi) is 6.46. The average Bonchev–Trinajstić information content (AvgIpc) is 2.79. The molecule has 1 aliphatic carbocycles. The maximum absolute atomic E-state index is 11.5. The summed E-state index contributed by atoms with van der Waals surface area (Å²) in [5.41, 5.74) is 0. The molecule has 0 unspecified atom stereocenters. The van der Waals surface area contributed by atoms with Gasteiger partial charge in [0.15, 0.2) is 0 Å². The maximum Gasteiger partial charge on any atom is 0.233 e. The van der Waals surface area contributed by atoms with Gasteiger partial charge in [-0.15, -0.1) is 0 Å². The minimum atomic E-state index is 0.137. The molecule has 0 aliphatic heterocycles. The van der Waals surface area contributed by atoms with E-state index in [0.29, 0.717) is 12.6 Å². The molecule has 1 atom stereocenters. The summed E-state index contributed by atoms with van der Waals surface area (Å²) in [6, 6.07) is 0.486. The summed E-state index contributed by atoms with van der Waals surface area (Å²) in [6.45, 7) is 5.62. The molecular weight excluding hydrogens is 200 g/mol. The van der Waals surface area contributed by atoms with E-state index in [1.807, 2.05) is 0 Å². The van der Waals surface area contributed by atoms with Crippen molar-refractivity contribution in [3.8, 4) is 0 Å². The van der Waals surface area contributed by atoms with Crippen molar-refractivity contribution in [1.82, 2.24) is 10.6 Å². The van der Waals surface area contributed by atoms with Crippen molar-refractivity contribution in [2.24, 2.45) is 5.92 Å². The zero-order valence-corrected chi connectivity index (χ0v) is 10.7. The average molecular weight is 226 g/mol. The molecule has 1 rings (SSSR count). The SMILES string of the molecule is CCCCNC(=O)CN[C@H](C)C1CCCC1. The fraction of sp³-hybridized carbons (Fsp3) is 0.923. The van der Waals surface area contributed by atoms with Gasteiger partial charge in [-0.05, 0) is 32.1 Å². The monoisotopic (exact) mass is 226 g/mol. The predicted octanol–water partition coefficient (Wildman–Crippen LogP) is 2.07. The zero-order chi connectivity index (χ0) is 11.8. The van der Waals surface area contributed by atoms with E-state index in [4.69, 9.17) is 0 Å². The highest BCUT2D eigenvalue weighted by Crippen LogP contribution is 2.27. The minimum Gasteiger partial charge on any atom is -0.355 e. The molecule has 0 aromatic carbocycles. The largest absolute Gasteiger partial charge is 0.355 e. The van der Waals surface area contributed by atoms with Gasteiger partial charge in [-0.25, -0.2) is 0 Å². The summed E-state index contributed by atoms with van der Waals surface area (Å²) in [7, 11) is 0. The van der Waals surface area contributed by atoms with Crippen LogP contribution in [-0.2, 0) is 4.79 Å². The van der Waals surface area contributed by atoms with Crippen LogP contribution in [0.1, 0.15) is 52.4 Å². The van der Waals surface area contributed by atoms with E-state index in [9.17, 15) is 4.79 Å². The molecule has 3 heteroatoms. The highest BCUT2D eigenvalue weighted by molar-refractivity contribution is 5.77. The number of carbonyl (C=O) groups excluding carboxylic acids is 1. The molecule has 0 saturated heterocycles. The van der Waals surface area contributed by atoms with Crippen LogP contribution in [-0.4, -0.2) is 25.0 Å². The second kappa shape index (κ2) is 7.66. The number of hydrogen-bond donors (Lipinski definition) is 2. The first-order valence-electron chi connectivity index (χ1n) is 6.74. The van der Waals surface area contributed by atoms with Gasteiger partial charge >= 0.3 is 0 Å². The van der Waals surface area contributed by atoms with Gasteiger partial charge in [-0.2, -0.15) is 0 Å². The summed E-state index contributed by atoms with van der Waals surface area (Å²) >= 11 is 0. The summed E-state index contributed by atoms with van der Waals surface area (Å²) in [5, 5.41) is 6.27. The predicted molar refractivity (Wildman–Crippen MR) is 67.3 cm³/mol. The molecule has 0 aromatic rings. The van der Waals surface area contributed by atoms with Crippen LogP contribution in [0, 0.1) is 5.92 Å². The summed E-state index contributed by atoms with van der Waals surface area (Å²) < 4.78 is 0. The van der Waals surface area contributed by atoms with E-state index in [1.165, 1.54) is 25.7 Å². The third-order valence-corrected chi connectivity index (χ3v) is 3.54. The zero-order valence-electron chi connectivity index (χ0n) is 10.7. The van der Waals surface area contributed by atoms with Gasteiger partial charge in [0.1, 0.15) is 0 Å². The Bertz CT molecular complexity index is 200. The van der Waals surface area contributed by atoms with Crippen molar-refractivity contribution >= 4 is 5.91 Å². The lowest BCUT2D eigenvalue weighted by Crippen LogP contribution is -2.40. The van der Waals surface area contributed by atoms with Crippen molar-refractivity contribution < 1.29 is 4.79 Å². The van der Waals surface area contributed by atoms with Crippen LogP contribution in [0.3, 0.4) is 0 Å². The van der Waals surface area contributed by atoms with Crippen molar-refractivity contribution in [3.05, 3.63) is 0 Å². The maximum atomic E-state index is 11.5. The molecule has 0 bridgehead atoms. The second-order valence-corrected chi connectivity index (χ2v) is 4.92. The standard InChI is InChI=1S/C13H26N2O/c1-3-4-9-14-13(16)10-15-11(2)12-7-5-6-8-12/h11-12,15H,3-10H2,1-2H3,(H,14,16)/t11-/m1/s1. The van der Waals surface area contributed by atoms with Crippen molar-refractivity contribution in [2.75, 3.05) is 13.1 Å².